The van der Waals surface area contributed by atoms with Crippen molar-refractivity contribution in [1.82, 2.24) is 5.32 Å². The van der Waals surface area contributed by atoms with Crippen molar-refractivity contribution in [3.8, 4) is 5.75 Å². The van der Waals surface area contributed by atoms with Gasteiger partial charge in [-0.1, -0.05) is 54.6 Å². The molecule has 0 saturated heterocycles. The van der Waals surface area contributed by atoms with Crippen molar-refractivity contribution < 1.29 is 14.6 Å². The molecule has 0 spiro atoms. The average Bonchev–Trinajstić information content (AvgIpc) is 2.71. The Labute approximate surface area is 161 Å². The van der Waals surface area contributed by atoms with E-state index in [0.717, 1.165) is 11.1 Å². The lowest BCUT2D eigenvalue weighted by Crippen LogP contribution is -2.45. The van der Waals surface area contributed by atoms with Crippen LogP contribution in [-0.2, 0) is 16.8 Å². The number of aliphatic hydroxyl groups is 1. The van der Waals surface area contributed by atoms with Crippen LogP contribution in [0.1, 0.15) is 24.0 Å². The molecule has 27 heavy (non-hydrogen) atoms. The van der Waals surface area contributed by atoms with Crippen LogP contribution in [0.3, 0.4) is 0 Å². The summed E-state index contributed by atoms with van der Waals surface area (Å²) < 4.78 is 5.91. The van der Waals surface area contributed by atoms with Gasteiger partial charge in [0.1, 0.15) is 12.4 Å². The molecule has 2 N–H and O–H groups in total. The molecule has 1 atom stereocenters. The van der Waals surface area contributed by atoms with Crippen molar-refractivity contribution in [3.05, 3.63) is 91.0 Å². The maximum absolute atomic E-state index is 12.9. The molecule has 0 aliphatic heterocycles. The predicted molar refractivity (Wildman–Crippen MR) is 109 cm³/mol. The van der Waals surface area contributed by atoms with Crippen LogP contribution in [0.25, 0.3) is 0 Å². The minimum atomic E-state index is -0.897. The molecule has 2 rings (SSSR count). The van der Waals surface area contributed by atoms with Gasteiger partial charge in [0.2, 0.25) is 5.91 Å². The van der Waals surface area contributed by atoms with Gasteiger partial charge in [0.25, 0.3) is 0 Å². The second kappa shape index (κ2) is 10.3. The highest BCUT2D eigenvalue weighted by Gasteiger charge is 2.38. The van der Waals surface area contributed by atoms with Crippen LogP contribution < -0.4 is 10.1 Å². The Hall–Kier alpha value is -2.85. The Morgan fingerprint density at radius 2 is 1.89 bits per heavy atom. The minimum Gasteiger partial charge on any atom is -0.489 e. The zero-order valence-corrected chi connectivity index (χ0v) is 15.6. The summed E-state index contributed by atoms with van der Waals surface area (Å²) in [6.07, 6.45) is 4.05. The molecule has 2 aromatic carbocycles. The third-order valence-corrected chi connectivity index (χ3v) is 4.51. The molecule has 1 amide bonds. The summed E-state index contributed by atoms with van der Waals surface area (Å²) in [5, 5.41) is 12.5. The van der Waals surface area contributed by atoms with Gasteiger partial charge < -0.3 is 15.2 Å². The molecule has 0 radical (unpaired) electrons. The number of aliphatic hydroxyl groups excluding tert-OH is 1. The highest BCUT2D eigenvalue weighted by Crippen LogP contribution is 2.34. The fourth-order valence-electron chi connectivity index (χ4n) is 3.10. The lowest BCUT2D eigenvalue weighted by molar-refractivity contribution is -0.127. The van der Waals surface area contributed by atoms with E-state index < -0.39 is 5.41 Å². The zero-order valence-electron chi connectivity index (χ0n) is 15.6. The number of rotatable bonds is 11. The van der Waals surface area contributed by atoms with Crippen molar-refractivity contribution in [2.75, 3.05) is 13.2 Å². The Balaban J connectivity index is 2.29. The van der Waals surface area contributed by atoms with Crippen molar-refractivity contribution in [2.24, 2.45) is 0 Å². The topological polar surface area (TPSA) is 58.6 Å². The summed E-state index contributed by atoms with van der Waals surface area (Å²) in [6.45, 7) is 8.15. The molecule has 0 saturated carbocycles. The molecule has 4 heteroatoms. The largest absolute Gasteiger partial charge is 0.489 e. The Morgan fingerprint density at radius 1 is 1.11 bits per heavy atom. The minimum absolute atomic E-state index is 0.107. The number of amides is 1. The van der Waals surface area contributed by atoms with Gasteiger partial charge in [-0.15, -0.1) is 13.2 Å². The maximum Gasteiger partial charge on any atom is 0.231 e. The van der Waals surface area contributed by atoms with Crippen LogP contribution in [0.4, 0.5) is 0 Å². The molecule has 0 aromatic heterocycles. The van der Waals surface area contributed by atoms with E-state index in [0.29, 0.717) is 31.7 Å². The third-order valence-electron chi connectivity index (χ3n) is 4.51. The van der Waals surface area contributed by atoms with Gasteiger partial charge in [-0.05, 0) is 36.1 Å². The summed E-state index contributed by atoms with van der Waals surface area (Å²) in [4.78, 5) is 12.9. The van der Waals surface area contributed by atoms with Crippen LogP contribution in [0.2, 0.25) is 0 Å². The van der Waals surface area contributed by atoms with Crippen LogP contribution in [0.15, 0.2) is 79.9 Å². The van der Waals surface area contributed by atoms with Crippen LogP contribution in [0, 0.1) is 0 Å². The summed E-state index contributed by atoms with van der Waals surface area (Å²) in [5.41, 5.74) is 0.967. The molecule has 0 aliphatic rings. The van der Waals surface area contributed by atoms with Crippen LogP contribution in [0.5, 0.6) is 5.75 Å². The number of allylic oxidation sites excluding steroid dienone is 1. The molecular weight excluding hydrogens is 338 g/mol. The summed E-state index contributed by atoms with van der Waals surface area (Å²) in [6, 6.07) is 17.4. The zero-order chi connectivity index (χ0) is 19.5. The summed E-state index contributed by atoms with van der Waals surface area (Å²) in [5.74, 6) is 0.524. The summed E-state index contributed by atoms with van der Waals surface area (Å²) in [7, 11) is 0. The Kier molecular flexibility index (Phi) is 7.83. The van der Waals surface area contributed by atoms with Crippen molar-refractivity contribution in [3.63, 3.8) is 0 Å². The Bertz CT molecular complexity index is 757. The Morgan fingerprint density at radius 3 is 2.56 bits per heavy atom. The molecule has 0 heterocycles. The van der Waals surface area contributed by atoms with E-state index in [2.05, 4.69) is 18.5 Å². The number of nitrogens with one attached hydrogen (secondary N) is 1. The number of ether oxygens (including phenoxy) is 1. The van der Waals surface area contributed by atoms with E-state index in [1.807, 2.05) is 54.6 Å². The van der Waals surface area contributed by atoms with E-state index in [1.165, 1.54) is 0 Å². The van der Waals surface area contributed by atoms with Gasteiger partial charge in [0.15, 0.2) is 0 Å². The second-order valence-corrected chi connectivity index (χ2v) is 6.35. The van der Waals surface area contributed by atoms with Crippen molar-refractivity contribution in [2.45, 2.75) is 24.9 Å². The van der Waals surface area contributed by atoms with E-state index in [9.17, 15) is 9.90 Å². The first-order valence-corrected chi connectivity index (χ1v) is 9.04. The fraction of sp³-hybridized carbons (Fsp3) is 0.261. The van der Waals surface area contributed by atoms with Crippen LogP contribution in [-0.4, -0.2) is 24.2 Å². The number of benzene rings is 2. The SMILES string of the molecule is C=CCNC(=O)C(CC=C)(CCO)c1cccc(OCc2ccccc2)c1. The normalized spacial score (nSPS) is 12.6. The smallest absolute Gasteiger partial charge is 0.231 e. The molecule has 4 nitrogen and oxygen atoms in total. The lowest BCUT2D eigenvalue weighted by atomic mass is 9.74. The first-order chi connectivity index (χ1) is 13.2. The lowest BCUT2D eigenvalue weighted by Gasteiger charge is -2.32. The molecule has 0 aliphatic carbocycles. The van der Waals surface area contributed by atoms with Gasteiger partial charge in [-0.25, -0.2) is 0 Å². The predicted octanol–water partition coefficient (Wildman–Crippen LogP) is 3.76. The molecule has 0 fully saturated rings. The second-order valence-electron chi connectivity index (χ2n) is 6.35. The molecule has 142 valence electrons. The highest BCUT2D eigenvalue weighted by molar-refractivity contribution is 5.88. The van der Waals surface area contributed by atoms with E-state index in [-0.39, 0.29) is 12.5 Å². The standard InChI is InChI=1S/C23H27NO3/c1-3-13-23(14-16-25,22(26)24-15-4-2)20-11-8-12-21(17-20)27-18-19-9-6-5-7-10-19/h3-12,17,25H,1-2,13-16,18H2,(H,24,26). The third kappa shape index (κ3) is 5.31. The number of carbonyl (C=O) groups is 1. The van der Waals surface area contributed by atoms with Crippen molar-refractivity contribution >= 4 is 5.91 Å². The first-order valence-electron chi connectivity index (χ1n) is 9.04. The quantitative estimate of drug-likeness (QED) is 0.596. The molecule has 2 aromatic rings. The van der Waals surface area contributed by atoms with Gasteiger partial charge in [-0.2, -0.15) is 0 Å². The van der Waals surface area contributed by atoms with Gasteiger partial charge in [0.05, 0.1) is 5.41 Å². The van der Waals surface area contributed by atoms with E-state index in [1.54, 1.807) is 12.2 Å². The van der Waals surface area contributed by atoms with Crippen molar-refractivity contribution in [1.29, 1.82) is 0 Å². The number of carbonyl (C=O) groups excluding carboxylic acids is 1. The molecule has 1 unspecified atom stereocenters. The number of hydrogen-bond donors (Lipinski definition) is 2. The van der Waals surface area contributed by atoms with Crippen LogP contribution >= 0.6 is 0 Å². The monoisotopic (exact) mass is 365 g/mol. The van der Waals surface area contributed by atoms with E-state index in [4.69, 9.17) is 4.74 Å². The maximum atomic E-state index is 12.9. The highest BCUT2D eigenvalue weighted by atomic mass is 16.5. The van der Waals surface area contributed by atoms with Gasteiger partial charge in [0, 0.05) is 13.2 Å². The van der Waals surface area contributed by atoms with Gasteiger partial charge >= 0.3 is 0 Å². The van der Waals surface area contributed by atoms with E-state index >= 15 is 0 Å². The number of hydrogen-bond acceptors (Lipinski definition) is 3. The fourth-order valence-corrected chi connectivity index (χ4v) is 3.10. The van der Waals surface area contributed by atoms with Gasteiger partial charge in [-0.3, -0.25) is 4.79 Å². The summed E-state index contributed by atoms with van der Waals surface area (Å²) >= 11 is 0. The first kappa shape index (κ1) is 20.5. The molecule has 0 bridgehead atoms. The average molecular weight is 365 g/mol. The molecular formula is C23H27NO3.